The van der Waals surface area contributed by atoms with Crippen LogP contribution >= 0.6 is 0 Å². The molecule has 0 amide bonds. The molecule has 2 rings (SSSR count). The lowest BCUT2D eigenvalue weighted by Crippen LogP contribution is -2.34. The maximum Gasteiger partial charge on any atom is 0.198 e. The van der Waals surface area contributed by atoms with E-state index in [1.807, 2.05) is 0 Å². The molecule has 0 radical (unpaired) electrons. The van der Waals surface area contributed by atoms with Crippen LogP contribution in [0.1, 0.15) is 24.1 Å². The van der Waals surface area contributed by atoms with Crippen molar-refractivity contribution in [3.63, 3.8) is 0 Å². The maximum absolute atomic E-state index is 11.3. The average Bonchev–Trinajstić information content (AvgIpc) is 2.19. The Kier molecular flexibility index (Phi) is 1.96. The fourth-order valence-corrected chi connectivity index (χ4v) is 1.82. The average molecular weight is 178 g/mol. The molecular weight excluding hydrogens is 168 g/mol. The summed E-state index contributed by atoms with van der Waals surface area (Å²) in [4.78, 5) is 10.4. The number of aromatic nitrogens is 1. The van der Waals surface area contributed by atoms with Gasteiger partial charge in [0.15, 0.2) is 11.9 Å². The molecule has 0 N–H and O–H groups in total. The van der Waals surface area contributed by atoms with Gasteiger partial charge in [0.1, 0.15) is 5.69 Å². The Bertz CT molecular complexity index is 350. The van der Waals surface area contributed by atoms with E-state index in [0.29, 0.717) is 5.69 Å². The summed E-state index contributed by atoms with van der Waals surface area (Å²) in [6.45, 7) is 0. The third kappa shape index (κ3) is 1.28. The summed E-state index contributed by atoms with van der Waals surface area (Å²) in [6, 6.07) is 1.49. The third-order valence-electron chi connectivity index (χ3n) is 2.48. The van der Waals surface area contributed by atoms with Gasteiger partial charge in [-0.2, -0.15) is 4.73 Å². The van der Waals surface area contributed by atoms with Gasteiger partial charge in [-0.15, -0.1) is 4.91 Å². The molecule has 0 bridgehead atoms. The van der Waals surface area contributed by atoms with Gasteiger partial charge in [0.25, 0.3) is 0 Å². The molecule has 1 aliphatic carbocycles. The van der Waals surface area contributed by atoms with Gasteiger partial charge < -0.3 is 5.21 Å². The van der Waals surface area contributed by atoms with E-state index >= 15 is 0 Å². The van der Waals surface area contributed by atoms with Crippen LogP contribution < -0.4 is 4.73 Å². The quantitative estimate of drug-likeness (QED) is 0.372. The van der Waals surface area contributed by atoms with Gasteiger partial charge in [0.05, 0.1) is 0 Å². The van der Waals surface area contributed by atoms with E-state index in [2.05, 4.69) is 5.18 Å². The van der Waals surface area contributed by atoms with Crippen molar-refractivity contribution >= 4 is 5.69 Å². The second-order valence-corrected chi connectivity index (χ2v) is 3.25. The van der Waals surface area contributed by atoms with E-state index in [-0.39, 0.29) is 0 Å². The molecule has 4 nitrogen and oxygen atoms in total. The smallest absolute Gasteiger partial charge is 0.198 e. The molecule has 0 fully saturated rings. The Hall–Kier alpha value is -1.45. The molecule has 13 heavy (non-hydrogen) atoms. The highest BCUT2D eigenvalue weighted by molar-refractivity contribution is 5.46. The van der Waals surface area contributed by atoms with Crippen molar-refractivity contribution in [2.45, 2.75) is 25.7 Å². The first-order valence-electron chi connectivity index (χ1n) is 4.40. The zero-order valence-electron chi connectivity index (χ0n) is 7.19. The van der Waals surface area contributed by atoms with Gasteiger partial charge in [-0.05, 0) is 24.4 Å². The summed E-state index contributed by atoms with van der Waals surface area (Å²) in [6.07, 6.45) is 5.00. The van der Waals surface area contributed by atoms with E-state index in [1.165, 1.54) is 12.3 Å². The van der Waals surface area contributed by atoms with E-state index in [1.54, 1.807) is 0 Å². The highest BCUT2D eigenvalue weighted by atomic mass is 16.5. The van der Waals surface area contributed by atoms with Gasteiger partial charge in [0.2, 0.25) is 0 Å². The molecule has 0 spiro atoms. The summed E-state index contributed by atoms with van der Waals surface area (Å²) in [5.74, 6) is 0. The highest BCUT2D eigenvalue weighted by Crippen LogP contribution is 2.26. The van der Waals surface area contributed by atoms with Gasteiger partial charge in [0, 0.05) is 18.1 Å². The van der Waals surface area contributed by atoms with Crippen LogP contribution in [0.5, 0.6) is 0 Å². The summed E-state index contributed by atoms with van der Waals surface area (Å²) in [5.41, 5.74) is 2.00. The molecule has 0 aliphatic heterocycles. The predicted octanol–water partition coefficient (Wildman–Crippen LogP) is 1.60. The predicted molar refractivity (Wildman–Crippen MR) is 47.5 cm³/mol. The Balaban J connectivity index is 2.58. The maximum atomic E-state index is 11.3. The zero-order valence-corrected chi connectivity index (χ0v) is 7.19. The van der Waals surface area contributed by atoms with Crippen molar-refractivity contribution in [2.75, 3.05) is 0 Å². The molecular formula is C9H10N2O2. The lowest BCUT2D eigenvalue weighted by atomic mass is 9.95. The SMILES string of the molecule is O=Nc1cc[n+]([O-])c2c1CCCC2. The molecule has 1 aromatic rings. The van der Waals surface area contributed by atoms with E-state index < -0.39 is 0 Å². The number of fused-ring (bicyclic) bond motifs is 1. The minimum absolute atomic E-state index is 0.432. The molecule has 4 heteroatoms. The molecule has 1 heterocycles. The van der Waals surface area contributed by atoms with Crippen molar-refractivity contribution in [1.29, 1.82) is 0 Å². The van der Waals surface area contributed by atoms with Gasteiger partial charge in [-0.25, -0.2) is 0 Å². The summed E-state index contributed by atoms with van der Waals surface area (Å²) in [5, 5.41) is 14.2. The molecule has 0 atom stereocenters. The third-order valence-corrected chi connectivity index (χ3v) is 2.48. The van der Waals surface area contributed by atoms with Crippen LogP contribution in [0.2, 0.25) is 0 Å². The topological polar surface area (TPSA) is 56.4 Å². The zero-order chi connectivity index (χ0) is 9.26. The molecule has 0 saturated carbocycles. The normalized spacial score (nSPS) is 15.1. The highest BCUT2D eigenvalue weighted by Gasteiger charge is 2.20. The lowest BCUT2D eigenvalue weighted by molar-refractivity contribution is -0.614. The van der Waals surface area contributed by atoms with Gasteiger partial charge >= 0.3 is 0 Å². The molecule has 0 unspecified atom stereocenters. The first kappa shape index (κ1) is 8.16. The van der Waals surface area contributed by atoms with Crippen LogP contribution in [0.15, 0.2) is 17.4 Å². The van der Waals surface area contributed by atoms with Crippen LogP contribution in [-0.4, -0.2) is 0 Å². The molecule has 0 saturated heterocycles. The Morgan fingerprint density at radius 1 is 1.38 bits per heavy atom. The van der Waals surface area contributed by atoms with Crippen LogP contribution in [0.4, 0.5) is 5.69 Å². The first-order valence-corrected chi connectivity index (χ1v) is 4.40. The fourth-order valence-electron chi connectivity index (χ4n) is 1.82. The van der Waals surface area contributed by atoms with Crippen LogP contribution in [0.25, 0.3) is 0 Å². The number of hydrogen-bond acceptors (Lipinski definition) is 3. The van der Waals surface area contributed by atoms with Crippen molar-refractivity contribution in [3.05, 3.63) is 33.6 Å². The second-order valence-electron chi connectivity index (χ2n) is 3.25. The number of hydrogen-bond donors (Lipinski definition) is 0. The van der Waals surface area contributed by atoms with Crippen LogP contribution in [0, 0.1) is 10.1 Å². The summed E-state index contributed by atoms with van der Waals surface area (Å²) in [7, 11) is 0. The number of nitrogens with zero attached hydrogens (tertiary/aromatic N) is 2. The first-order chi connectivity index (χ1) is 6.33. The molecule has 1 aliphatic rings. The molecule has 0 aromatic carbocycles. The van der Waals surface area contributed by atoms with Crippen LogP contribution in [0.3, 0.4) is 0 Å². The van der Waals surface area contributed by atoms with E-state index in [9.17, 15) is 10.1 Å². The van der Waals surface area contributed by atoms with E-state index in [4.69, 9.17) is 0 Å². The standard InChI is InChI=1S/C9H10N2O2/c12-10-8-5-6-11(13)9-4-2-1-3-7(8)9/h5-6H,1-4H2. The van der Waals surface area contributed by atoms with Crippen molar-refractivity contribution in [1.82, 2.24) is 0 Å². The fraction of sp³-hybridized carbons (Fsp3) is 0.444. The number of nitroso groups, excluding NO2 is 1. The van der Waals surface area contributed by atoms with E-state index in [0.717, 1.165) is 41.7 Å². The Morgan fingerprint density at radius 2 is 2.15 bits per heavy atom. The summed E-state index contributed by atoms with van der Waals surface area (Å²) >= 11 is 0. The Morgan fingerprint density at radius 3 is 2.92 bits per heavy atom. The number of rotatable bonds is 1. The second kappa shape index (κ2) is 3.12. The van der Waals surface area contributed by atoms with Crippen molar-refractivity contribution < 1.29 is 4.73 Å². The van der Waals surface area contributed by atoms with Gasteiger partial charge in [-0.3, -0.25) is 0 Å². The largest absolute Gasteiger partial charge is 0.618 e. The van der Waals surface area contributed by atoms with Gasteiger partial charge in [-0.1, -0.05) is 0 Å². The van der Waals surface area contributed by atoms with Crippen LogP contribution in [-0.2, 0) is 12.8 Å². The lowest BCUT2D eigenvalue weighted by Gasteiger charge is -2.14. The minimum Gasteiger partial charge on any atom is -0.618 e. The number of pyridine rings is 1. The Labute approximate surface area is 75.8 Å². The molecule has 68 valence electrons. The van der Waals surface area contributed by atoms with Crippen molar-refractivity contribution in [3.8, 4) is 0 Å². The van der Waals surface area contributed by atoms with Crippen molar-refractivity contribution in [2.24, 2.45) is 5.18 Å². The monoisotopic (exact) mass is 178 g/mol. The summed E-state index contributed by atoms with van der Waals surface area (Å²) < 4.78 is 0.850. The molecule has 1 aromatic heterocycles. The minimum atomic E-state index is 0.432.